The molecular formula is C13H21N3. The number of hydrogen-bond donors (Lipinski definition) is 1. The lowest BCUT2D eigenvalue weighted by molar-refractivity contribution is 0.466. The van der Waals surface area contributed by atoms with Crippen LogP contribution in [-0.2, 0) is 6.42 Å². The summed E-state index contributed by atoms with van der Waals surface area (Å²) in [6.07, 6.45) is 12.3. The molecule has 1 saturated heterocycles. The van der Waals surface area contributed by atoms with Gasteiger partial charge in [-0.25, -0.2) is 0 Å². The average molecular weight is 219 g/mol. The number of nitrogens with zero attached hydrogens (tertiary/aromatic N) is 2. The number of aromatic nitrogens is 2. The molecule has 3 nitrogen and oxygen atoms in total. The Bertz CT molecular complexity index is 333. The van der Waals surface area contributed by atoms with Gasteiger partial charge in [-0.05, 0) is 50.3 Å². The second-order valence-corrected chi connectivity index (χ2v) is 5.33. The van der Waals surface area contributed by atoms with Crippen molar-refractivity contribution in [1.29, 1.82) is 0 Å². The second kappa shape index (κ2) is 4.58. The summed E-state index contributed by atoms with van der Waals surface area (Å²) in [5.74, 6) is 0.834. The van der Waals surface area contributed by atoms with E-state index in [0.717, 1.165) is 5.92 Å². The maximum atomic E-state index is 4.54. The van der Waals surface area contributed by atoms with Crippen molar-refractivity contribution in [3.8, 4) is 0 Å². The summed E-state index contributed by atoms with van der Waals surface area (Å²) in [4.78, 5) is 0. The first-order chi connectivity index (χ1) is 7.92. The van der Waals surface area contributed by atoms with Gasteiger partial charge < -0.3 is 5.32 Å². The molecule has 2 heterocycles. The molecule has 1 unspecified atom stereocenters. The van der Waals surface area contributed by atoms with Gasteiger partial charge in [-0.1, -0.05) is 12.8 Å². The molecule has 1 atom stereocenters. The Morgan fingerprint density at radius 2 is 2.19 bits per heavy atom. The topological polar surface area (TPSA) is 29.9 Å². The zero-order valence-electron chi connectivity index (χ0n) is 9.86. The maximum Gasteiger partial charge on any atom is 0.0521 e. The summed E-state index contributed by atoms with van der Waals surface area (Å²) in [6.45, 7) is 2.38. The zero-order chi connectivity index (χ0) is 10.8. The van der Waals surface area contributed by atoms with Crippen LogP contribution < -0.4 is 5.32 Å². The van der Waals surface area contributed by atoms with Gasteiger partial charge in [0, 0.05) is 6.20 Å². The zero-order valence-corrected chi connectivity index (χ0v) is 9.86. The molecule has 2 aliphatic rings. The number of rotatable bonds is 3. The summed E-state index contributed by atoms with van der Waals surface area (Å²) in [5.41, 5.74) is 1.43. The summed E-state index contributed by atoms with van der Waals surface area (Å²) in [7, 11) is 0. The fourth-order valence-electron chi connectivity index (χ4n) is 3.07. The molecule has 16 heavy (non-hydrogen) atoms. The molecule has 1 aromatic rings. The van der Waals surface area contributed by atoms with E-state index in [9.17, 15) is 0 Å². The molecule has 0 bridgehead atoms. The van der Waals surface area contributed by atoms with Crippen molar-refractivity contribution in [2.45, 2.75) is 44.6 Å². The molecule has 88 valence electrons. The molecule has 1 aliphatic heterocycles. The van der Waals surface area contributed by atoms with Gasteiger partial charge >= 0.3 is 0 Å². The molecule has 1 aliphatic carbocycles. The van der Waals surface area contributed by atoms with Crippen LogP contribution in [0.2, 0.25) is 0 Å². The Hall–Kier alpha value is -0.830. The highest BCUT2D eigenvalue weighted by atomic mass is 15.3. The predicted molar refractivity (Wildman–Crippen MR) is 64.4 cm³/mol. The fraction of sp³-hybridized carbons (Fsp3) is 0.769. The third-order valence-corrected chi connectivity index (χ3v) is 4.04. The molecule has 1 aromatic heterocycles. The van der Waals surface area contributed by atoms with Crippen molar-refractivity contribution in [2.24, 2.45) is 5.92 Å². The fourth-order valence-corrected chi connectivity index (χ4v) is 3.07. The van der Waals surface area contributed by atoms with E-state index < -0.39 is 0 Å². The summed E-state index contributed by atoms with van der Waals surface area (Å²) >= 11 is 0. The highest BCUT2D eigenvalue weighted by Gasteiger charge is 2.19. The molecule has 1 N–H and O–H groups in total. The van der Waals surface area contributed by atoms with E-state index >= 15 is 0 Å². The minimum absolute atomic E-state index is 0.690. The molecular weight excluding hydrogens is 198 g/mol. The minimum atomic E-state index is 0.690. The van der Waals surface area contributed by atoms with E-state index in [2.05, 4.69) is 27.5 Å². The second-order valence-electron chi connectivity index (χ2n) is 5.33. The van der Waals surface area contributed by atoms with E-state index in [0.29, 0.717) is 6.04 Å². The molecule has 0 spiro atoms. The first kappa shape index (κ1) is 10.3. The molecule has 3 heteroatoms. The molecule has 0 radical (unpaired) electrons. The van der Waals surface area contributed by atoms with Crippen LogP contribution in [0.15, 0.2) is 12.4 Å². The summed E-state index contributed by atoms with van der Waals surface area (Å²) in [6, 6.07) is 0.690. The Morgan fingerprint density at radius 1 is 1.31 bits per heavy atom. The standard InChI is InChI=1S/C13H21N3/c1-2-4-13(3-1)16-10-12(9-15-16)7-11-5-6-14-8-11/h9-11,13-14H,1-8H2. The van der Waals surface area contributed by atoms with Gasteiger partial charge in [0.05, 0.1) is 12.2 Å². The lowest BCUT2D eigenvalue weighted by Gasteiger charge is -2.09. The van der Waals surface area contributed by atoms with Crippen LogP contribution in [0.3, 0.4) is 0 Å². The van der Waals surface area contributed by atoms with Crippen molar-refractivity contribution < 1.29 is 0 Å². The SMILES string of the molecule is c1nn(C2CCCC2)cc1CC1CCNC1. The molecule has 3 rings (SSSR count). The van der Waals surface area contributed by atoms with Crippen LogP contribution in [0.25, 0.3) is 0 Å². The van der Waals surface area contributed by atoms with E-state index in [4.69, 9.17) is 0 Å². The lowest BCUT2D eigenvalue weighted by Crippen LogP contribution is -2.10. The number of hydrogen-bond acceptors (Lipinski definition) is 2. The van der Waals surface area contributed by atoms with Crippen molar-refractivity contribution in [3.63, 3.8) is 0 Å². The highest BCUT2D eigenvalue weighted by Crippen LogP contribution is 2.29. The lowest BCUT2D eigenvalue weighted by atomic mass is 10.0. The first-order valence-corrected chi connectivity index (χ1v) is 6.65. The smallest absolute Gasteiger partial charge is 0.0521 e. The van der Waals surface area contributed by atoms with Gasteiger partial charge in [0.25, 0.3) is 0 Å². The van der Waals surface area contributed by atoms with Crippen molar-refractivity contribution in [1.82, 2.24) is 15.1 Å². The van der Waals surface area contributed by atoms with Gasteiger partial charge in [0.15, 0.2) is 0 Å². The van der Waals surface area contributed by atoms with Crippen LogP contribution in [0, 0.1) is 5.92 Å². The average Bonchev–Trinajstić information content (AvgIpc) is 2.99. The maximum absolute atomic E-state index is 4.54. The predicted octanol–water partition coefficient (Wildman–Crippen LogP) is 2.15. The molecule has 0 aromatic carbocycles. The summed E-state index contributed by atoms with van der Waals surface area (Å²) < 4.78 is 2.21. The molecule has 1 saturated carbocycles. The van der Waals surface area contributed by atoms with Crippen molar-refractivity contribution in [2.75, 3.05) is 13.1 Å². The van der Waals surface area contributed by atoms with E-state index in [1.54, 1.807) is 0 Å². The van der Waals surface area contributed by atoms with Gasteiger partial charge in [0.1, 0.15) is 0 Å². The van der Waals surface area contributed by atoms with E-state index in [1.165, 1.54) is 57.2 Å². The third kappa shape index (κ3) is 2.14. The largest absolute Gasteiger partial charge is 0.316 e. The van der Waals surface area contributed by atoms with E-state index in [-0.39, 0.29) is 0 Å². The monoisotopic (exact) mass is 219 g/mol. The normalized spacial score (nSPS) is 26.6. The van der Waals surface area contributed by atoms with Crippen molar-refractivity contribution >= 4 is 0 Å². The van der Waals surface area contributed by atoms with Gasteiger partial charge in [-0.2, -0.15) is 5.10 Å². The van der Waals surface area contributed by atoms with Crippen LogP contribution >= 0.6 is 0 Å². The minimum Gasteiger partial charge on any atom is -0.316 e. The van der Waals surface area contributed by atoms with Crippen LogP contribution in [0.4, 0.5) is 0 Å². The molecule has 2 fully saturated rings. The Balaban J connectivity index is 1.62. The van der Waals surface area contributed by atoms with E-state index in [1.807, 2.05) is 0 Å². The number of nitrogens with one attached hydrogen (secondary N) is 1. The van der Waals surface area contributed by atoms with Gasteiger partial charge in [-0.3, -0.25) is 4.68 Å². The third-order valence-electron chi connectivity index (χ3n) is 4.04. The van der Waals surface area contributed by atoms with Crippen LogP contribution in [0.1, 0.15) is 43.7 Å². The van der Waals surface area contributed by atoms with Gasteiger partial charge in [-0.15, -0.1) is 0 Å². The summed E-state index contributed by atoms with van der Waals surface area (Å²) in [5, 5.41) is 7.96. The van der Waals surface area contributed by atoms with Crippen LogP contribution in [0.5, 0.6) is 0 Å². The Labute approximate surface area is 97.2 Å². The van der Waals surface area contributed by atoms with Gasteiger partial charge in [0.2, 0.25) is 0 Å². The van der Waals surface area contributed by atoms with Crippen LogP contribution in [-0.4, -0.2) is 22.9 Å². The first-order valence-electron chi connectivity index (χ1n) is 6.65. The quantitative estimate of drug-likeness (QED) is 0.844. The highest BCUT2D eigenvalue weighted by molar-refractivity contribution is 5.06. The Kier molecular flexibility index (Phi) is 2.96. The Morgan fingerprint density at radius 3 is 2.94 bits per heavy atom. The van der Waals surface area contributed by atoms with Crippen molar-refractivity contribution in [3.05, 3.63) is 18.0 Å². The molecule has 0 amide bonds.